The van der Waals surface area contributed by atoms with E-state index in [1.165, 1.54) is 55.5 Å². The number of thiophene rings is 1. The summed E-state index contributed by atoms with van der Waals surface area (Å²) in [4.78, 5) is 4.12. The molecule has 2 heteroatoms. The Morgan fingerprint density at radius 2 is 1.82 bits per heavy atom. The Labute approximate surface area is 139 Å². The topological polar surface area (TPSA) is 3.24 Å². The minimum absolute atomic E-state index is 0.548. The summed E-state index contributed by atoms with van der Waals surface area (Å²) in [7, 11) is 2.33. The van der Waals surface area contributed by atoms with Crippen molar-refractivity contribution in [3.05, 3.63) is 58.3 Å². The highest BCUT2D eigenvalue weighted by atomic mass is 32.1. The molecule has 1 aromatic heterocycles. The molecule has 1 aliphatic carbocycles. The van der Waals surface area contributed by atoms with E-state index in [1.807, 2.05) is 11.3 Å². The van der Waals surface area contributed by atoms with E-state index in [1.54, 1.807) is 0 Å². The van der Waals surface area contributed by atoms with E-state index in [0.717, 1.165) is 6.04 Å². The molecule has 1 aliphatic rings. The Morgan fingerprint density at radius 1 is 1.05 bits per heavy atom. The first-order valence-corrected chi connectivity index (χ1v) is 9.51. The molecule has 1 atom stereocenters. The van der Waals surface area contributed by atoms with Gasteiger partial charge in [-0.05, 0) is 49.9 Å². The maximum Gasteiger partial charge on any atom is 0.0196 e. The van der Waals surface area contributed by atoms with Crippen LogP contribution in [0, 0.1) is 0 Å². The Bertz CT molecular complexity index is 528. The van der Waals surface area contributed by atoms with Gasteiger partial charge in [0, 0.05) is 16.8 Å². The van der Waals surface area contributed by atoms with Crippen molar-refractivity contribution in [3.63, 3.8) is 0 Å². The summed E-state index contributed by atoms with van der Waals surface area (Å²) in [5.74, 6) is 0.548. The first kappa shape index (κ1) is 15.8. The molecule has 1 fully saturated rings. The second-order valence-corrected chi connectivity index (χ2v) is 7.52. The van der Waals surface area contributed by atoms with Gasteiger partial charge in [0.2, 0.25) is 0 Å². The summed E-state index contributed by atoms with van der Waals surface area (Å²) < 4.78 is 0. The Balaban J connectivity index is 1.66. The van der Waals surface area contributed by atoms with E-state index < -0.39 is 0 Å². The monoisotopic (exact) mass is 313 g/mol. The third-order valence-corrected chi connectivity index (χ3v) is 6.04. The third-order valence-electron chi connectivity index (χ3n) is 5.06. The molecule has 0 amide bonds. The van der Waals surface area contributed by atoms with Gasteiger partial charge in [-0.3, -0.25) is 0 Å². The molecule has 118 valence electrons. The van der Waals surface area contributed by atoms with Crippen molar-refractivity contribution in [2.45, 2.75) is 50.5 Å². The van der Waals surface area contributed by atoms with Crippen molar-refractivity contribution in [2.75, 3.05) is 13.6 Å². The molecule has 22 heavy (non-hydrogen) atoms. The van der Waals surface area contributed by atoms with Gasteiger partial charge < -0.3 is 4.90 Å². The van der Waals surface area contributed by atoms with Gasteiger partial charge in [0.25, 0.3) is 0 Å². The molecule has 1 aromatic carbocycles. The van der Waals surface area contributed by atoms with Crippen LogP contribution < -0.4 is 0 Å². The smallest absolute Gasteiger partial charge is 0.0196 e. The van der Waals surface area contributed by atoms with Gasteiger partial charge in [-0.2, -0.15) is 0 Å². The van der Waals surface area contributed by atoms with Crippen LogP contribution in [0.25, 0.3) is 0 Å². The van der Waals surface area contributed by atoms with Crippen LogP contribution in [0.5, 0.6) is 0 Å². The van der Waals surface area contributed by atoms with Gasteiger partial charge in [-0.25, -0.2) is 0 Å². The Kier molecular flexibility index (Phi) is 5.69. The van der Waals surface area contributed by atoms with Crippen LogP contribution in [0.2, 0.25) is 0 Å². The van der Waals surface area contributed by atoms with Crippen molar-refractivity contribution in [1.82, 2.24) is 4.90 Å². The lowest BCUT2D eigenvalue weighted by molar-refractivity contribution is 0.188. The zero-order valence-corrected chi connectivity index (χ0v) is 14.4. The summed E-state index contributed by atoms with van der Waals surface area (Å²) >= 11 is 1.89. The van der Waals surface area contributed by atoms with Gasteiger partial charge in [0.1, 0.15) is 0 Å². The molecular weight excluding hydrogens is 286 g/mol. The second kappa shape index (κ2) is 7.94. The summed E-state index contributed by atoms with van der Waals surface area (Å²) in [6.45, 7) is 1.20. The largest absolute Gasteiger partial charge is 0.303 e. The van der Waals surface area contributed by atoms with Crippen LogP contribution in [0.4, 0.5) is 0 Å². The van der Waals surface area contributed by atoms with Gasteiger partial charge in [-0.1, -0.05) is 55.7 Å². The van der Waals surface area contributed by atoms with Crippen molar-refractivity contribution < 1.29 is 0 Å². The highest BCUT2D eigenvalue weighted by Crippen LogP contribution is 2.32. The molecule has 0 N–H and O–H groups in total. The van der Waals surface area contributed by atoms with E-state index in [-0.39, 0.29) is 0 Å². The molecule has 0 aliphatic heterocycles. The number of hydrogen-bond acceptors (Lipinski definition) is 2. The number of rotatable bonds is 6. The predicted octanol–water partition coefficient (Wildman–Crippen LogP) is 5.53. The molecule has 1 heterocycles. The lowest BCUT2D eigenvalue weighted by atomic mass is 9.92. The van der Waals surface area contributed by atoms with Gasteiger partial charge in [-0.15, -0.1) is 11.3 Å². The van der Waals surface area contributed by atoms with Crippen molar-refractivity contribution in [2.24, 2.45) is 0 Å². The summed E-state index contributed by atoms with van der Waals surface area (Å²) in [5.41, 5.74) is 1.46. The van der Waals surface area contributed by atoms with E-state index in [4.69, 9.17) is 0 Å². The second-order valence-electron chi connectivity index (χ2n) is 6.54. The zero-order chi connectivity index (χ0) is 15.2. The van der Waals surface area contributed by atoms with Crippen LogP contribution in [-0.2, 0) is 0 Å². The molecule has 3 rings (SSSR count). The van der Waals surface area contributed by atoms with E-state index >= 15 is 0 Å². The molecule has 0 bridgehead atoms. The van der Waals surface area contributed by atoms with Crippen LogP contribution in [0.15, 0.2) is 47.8 Å². The molecule has 2 aromatic rings. The van der Waals surface area contributed by atoms with Gasteiger partial charge in [0.05, 0.1) is 0 Å². The highest BCUT2D eigenvalue weighted by Gasteiger charge is 2.20. The van der Waals surface area contributed by atoms with Crippen LogP contribution in [0.1, 0.15) is 54.9 Å². The van der Waals surface area contributed by atoms with E-state index in [9.17, 15) is 0 Å². The fourth-order valence-corrected chi connectivity index (χ4v) is 4.57. The summed E-state index contributed by atoms with van der Waals surface area (Å²) in [5, 5.41) is 2.20. The molecule has 0 spiro atoms. The van der Waals surface area contributed by atoms with Crippen molar-refractivity contribution in [1.29, 1.82) is 0 Å². The lowest BCUT2D eigenvalue weighted by Gasteiger charge is -2.32. The molecule has 1 nitrogen and oxygen atoms in total. The lowest BCUT2D eigenvalue weighted by Crippen LogP contribution is -2.34. The average Bonchev–Trinajstić information content (AvgIpc) is 3.11. The minimum atomic E-state index is 0.548. The zero-order valence-electron chi connectivity index (χ0n) is 13.6. The normalized spacial score (nSPS) is 17.7. The fraction of sp³-hybridized carbons (Fsp3) is 0.500. The first-order chi connectivity index (χ1) is 10.8. The standard InChI is InChI=1S/C20H27NS/c1-21(18-11-6-3-7-12-18)15-14-19(20-13-8-16-22-20)17-9-4-2-5-10-17/h2,4-5,8-10,13,16,18-19H,3,6-7,11-12,14-15H2,1H3. The molecule has 0 radical (unpaired) electrons. The van der Waals surface area contributed by atoms with E-state index in [2.05, 4.69) is 59.8 Å². The Hall–Kier alpha value is -1.12. The molecule has 1 unspecified atom stereocenters. The van der Waals surface area contributed by atoms with E-state index in [0.29, 0.717) is 5.92 Å². The van der Waals surface area contributed by atoms with Crippen molar-refractivity contribution in [3.8, 4) is 0 Å². The van der Waals surface area contributed by atoms with Gasteiger partial charge in [0.15, 0.2) is 0 Å². The number of nitrogens with zero attached hydrogens (tertiary/aromatic N) is 1. The average molecular weight is 314 g/mol. The number of benzene rings is 1. The number of hydrogen-bond donors (Lipinski definition) is 0. The van der Waals surface area contributed by atoms with Crippen LogP contribution >= 0.6 is 11.3 Å². The van der Waals surface area contributed by atoms with Crippen LogP contribution in [-0.4, -0.2) is 24.5 Å². The molecule has 0 saturated heterocycles. The fourth-order valence-electron chi connectivity index (χ4n) is 3.69. The Morgan fingerprint density at radius 3 is 2.50 bits per heavy atom. The summed E-state index contributed by atoms with van der Waals surface area (Å²) in [6, 6.07) is 16.3. The quantitative estimate of drug-likeness (QED) is 0.677. The maximum absolute atomic E-state index is 2.61. The maximum atomic E-state index is 2.61. The predicted molar refractivity (Wildman–Crippen MR) is 96.7 cm³/mol. The highest BCUT2D eigenvalue weighted by molar-refractivity contribution is 7.10. The first-order valence-electron chi connectivity index (χ1n) is 8.63. The molecular formula is C20H27NS. The minimum Gasteiger partial charge on any atom is -0.303 e. The SMILES string of the molecule is CN(CCC(c1ccccc1)c1cccs1)C1CCCCC1. The summed E-state index contributed by atoms with van der Waals surface area (Å²) in [6.07, 6.45) is 8.28. The van der Waals surface area contributed by atoms with Crippen LogP contribution in [0.3, 0.4) is 0 Å². The third kappa shape index (κ3) is 3.99. The van der Waals surface area contributed by atoms with Crippen molar-refractivity contribution >= 4 is 11.3 Å². The van der Waals surface area contributed by atoms with Gasteiger partial charge >= 0.3 is 0 Å². The molecule has 1 saturated carbocycles.